The zero-order valence-corrected chi connectivity index (χ0v) is 14.6. The number of urea groups is 1. The highest BCUT2D eigenvalue weighted by Crippen LogP contribution is 2.28. The molecular formula is C19H26N4O2. The third kappa shape index (κ3) is 4.82. The van der Waals surface area contributed by atoms with Gasteiger partial charge in [0.2, 0.25) is 0 Å². The molecular weight excluding hydrogens is 316 g/mol. The Morgan fingerprint density at radius 2 is 2.16 bits per heavy atom. The summed E-state index contributed by atoms with van der Waals surface area (Å²) in [5.74, 6) is 0.469. The van der Waals surface area contributed by atoms with Crippen molar-refractivity contribution in [3.63, 3.8) is 0 Å². The van der Waals surface area contributed by atoms with E-state index in [4.69, 9.17) is 0 Å². The Morgan fingerprint density at radius 1 is 1.36 bits per heavy atom. The maximum Gasteiger partial charge on any atom is 0.315 e. The molecule has 0 saturated heterocycles. The maximum atomic E-state index is 12.2. The summed E-state index contributed by atoms with van der Waals surface area (Å²) in [6, 6.07) is 10.4. The van der Waals surface area contributed by atoms with Crippen molar-refractivity contribution in [1.82, 2.24) is 20.4 Å². The molecule has 0 spiro atoms. The van der Waals surface area contributed by atoms with Crippen LogP contribution in [0.3, 0.4) is 0 Å². The first-order chi connectivity index (χ1) is 12.1. The molecule has 3 rings (SSSR count). The van der Waals surface area contributed by atoms with Crippen molar-refractivity contribution in [2.75, 3.05) is 6.54 Å². The summed E-state index contributed by atoms with van der Waals surface area (Å²) in [6.07, 6.45) is 6.89. The number of rotatable bonds is 6. The summed E-state index contributed by atoms with van der Waals surface area (Å²) >= 11 is 0. The van der Waals surface area contributed by atoms with E-state index in [9.17, 15) is 9.90 Å². The highest BCUT2D eigenvalue weighted by molar-refractivity contribution is 5.74. The molecule has 1 aromatic heterocycles. The van der Waals surface area contributed by atoms with Crippen LogP contribution in [0.25, 0.3) is 0 Å². The lowest BCUT2D eigenvalue weighted by molar-refractivity contribution is 0.172. The van der Waals surface area contributed by atoms with Crippen LogP contribution in [-0.2, 0) is 13.5 Å². The number of carbonyl (C=O) groups excluding carboxylic acids is 1. The lowest BCUT2D eigenvalue weighted by atomic mass is 9.95. The normalized spacial score (nSPS) is 21.0. The van der Waals surface area contributed by atoms with Crippen LogP contribution in [0, 0.1) is 5.92 Å². The van der Waals surface area contributed by atoms with Crippen molar-refractivity contribution in [1.29, 1.82) is 0 Å². The summed E-state index contributed by atoms with van der Waals surface area (Å²) in [7, 11) is 1.79. The van der Waals surface area contributed by atoms with Crippen LogP contribution in [0.2, 0.25) is 0 Å². The van der Waals surface area contributed by atoms with E-state index in [2.05, 4.69) is 40.0 Å². The minimum atomic E-state index is -0.747. The summed E-state index contributed by atoms with van der Waals surface area (Å²) in [4.78, 5) is 12.2. The van der Waals surface area contributed by atoms with E-state index in [0.717, 1.165) is 25.7 Å². The van der Waals surface area contributed by atoms with Crippen LogP contribution >= 0.6 is 0 Å². The molecule has 0 radical (unpaired) electrons. The van der Waals surface area contributed by atoms with Gasteiger partial charge in [-0.15, -0.1) is 0 Å². The Balaban J connectivity index is 1.46. The topological polar surface area (TPSA) is 79.2 Å². The summed E-state index contributed by atoms with van der Waals surface area (Å²) in [6.45, 7) is 0.174. The van der Waals surface area contributed by atoms with Gasteiger partial charge in [0.15, 0.2) is 0 Å². The van der Waals surface area contributed by atoms with Gasteiger partial charge in [0.05, 0.1) is 12.3 Å². The number of aliphatic hydroxyl groups excluding tert-OH is 1. The van der Waals surface area contributed by atoms with E-state index in [1.54, 1.807) is 24.1 Å². The third-order valence-electron chi connectivity index (χ3n) is 4.88. The van der Waals surface area contributed by atoms with Crippen LogP contribution in [0.4, 0.5) is 4.79 Å². The largest absolute Gasteiger partial charge is 0.386 e. The highest BCUT2D eigenvalue weighted by Gasteiger charge is 2.28. The SMILES string of the molecule is Cn1cc([C@H](O)CNC(=O)N[C@H]2CCC[C@@H]2Cc2ccccc2)cn1. The number of carbonyl (C=O) groups is 1. The van der Waals surface area contributed by atoms with Gasteiger partial charge < -0.3 is 15.7 Å². The second-order valence-electron chi connectivity index (χ2n) is 6.80. The Labute approximate surface area is 148 Å². The van der Waals surface area contributed by atoms with Gasteiger partial charge in [0.25, 0.3) is 0 Å². The van der Waals surface area contributed by atoms with Gasteiger partial charge in [-0.1, -0.05) is 36.8 Å². The van der Waals surface area contributed by atoms with Crippen LogP contribution < -0.4 is 10.6 Å². The molecule has 1 saturated carbocycles. The van der Waals surface area contributed by atoms with E-state index in [-0.39, 0.29) is 18.6 Å². The molecule has 6 nitrogen and oxygen atoms in total. The number of aryl methyl sites for hydroxylation is 1. The van der Waals surface area contributed by atoms with Crippen LogP contribution in [0.15, 0.2) is 42.7 Å². The first-order valence-electron chi connectivity index (χ1n) is 8.86. The molecule has 2 amide bonds. The minimum Gasteiger partial charge on any atom is -0.386 e. The smallest absolute Gasteiger partial charge is 0.315 e. The fourth-order valence-corrected chi connectivity index (χ4v) is 3.53. The van der Waals surface area contributed by atoms with E-state index >= 15 is 0 Å². The van der Waals surface area contributed by atoms with E-state index in [0.29, 0.717) is 11.5 Å². The number of nitrogens with zero attached hydrogens (tertiary/aromatic N) is 2. The van der Waals surface area contributed by atoms with Crippen molar-refractivity contribution in [3.8, 4) is 0 Å². The van der Waals surface area contributed by atoms with Crippen LogP contribution in [0.5, 0.6) is 0 Å². The molecule has 0 aliphatic heterocycles. The van der Waals surface area contributed by atoms with Gasteiger partial charge in [-0.25, -0.2) is 4.79 Å². The molecule has 6 heteroatoms. The molecule has 1 aliphatic carbocycles. The predicted molar refractivity (Wildman–Crippen MR) is 96.0 cm³/mol. The molecule has 134 valence electrons. The standard InChI is InChI=1S/C19H26N4O2/c1-23-13-16(11-21-23)18(24)12-20-19(25)22-17-9-5-8-15(17)10-14-6-3-2-4-7-14/h2-4,6-7,11,13,15,17-18,24H,5,8-10,12H2,1H3,(H2,20,22,25)/t15-,17+,18-/m1/s1. The maximum absolute atomic E-state index is 12.2. The zero-order valence-electron chi connectivity index (χ0n) is 14.6. The molecule has 1 aliphatic rings. The average Bonchev–Trinajstić information content (AvgIpc) is 3.23. The number of nitrogens with one attached hydrogen (secondary N) is 2. The van der Waals surface area contributed by atoms with E-state index < -0.39 is 6.10 Å². The monoisotopic (exact) mass is 342 g/mol. The van der Waals surface area contributed by atoms with Gasteiger partial charge in [-0.2, -0.15) is 5.10 Å². The molecule has 0 bridgehead atoms. The minimum absolute atomic E-state index is 0.174. The lowest BCUT2D eigenvalue weighted by Crippen LogP contribution is -2.45. The van der Waals surface area contributed by atoms with Gasteiger partial charge in [-0.3, -0.25) is 4.68 Å². The van der Waals surface area contributed by atoms with Crippen LogP contribution in [0.1, 0.15) is 36.5 Å². The molecule has 1 fully saturated rings. The summed E-state index contributed by atoms with van der Waals surface area (Å²) < 4.78 is 1.63. The molecule has 1 aromatic carbocycles. The van der Waals surface area contributed by atoms with Crippen molar-refractivity contribution in [2.45, 2.75) is 37.8 Å². The Kier molecular flexibility index (Phi) is 5.71. The Hall–Kier alpha value is -2.34. The second kappa shape index (κ2) is 8.16. The molecule has 3 N–H and O–H groups in total. The summed E-state index contributed by atoms with van der Waals surface area (Å²) in [5.41, 5.74) is 2.01. The number of aromatic nitrogens is 2. The van der Waals surface area contributed by atoms with Crippen molar-refractivity contribution < 1.29 is 9.90 Å². The highest BCUT2D eigenvalue weighted by atomic mass is 16.3. The van der Waals surface area contributed by atoms with E-state index in [1.165, 1.54) is 5.56 Å². The number of hydrogen-bond donors (Lipinski definition) is 3. The van der Waals surface area contributed by atoms with Gasteiger partial charge in [0.1, 0.15) is 0 Å². The van der Waals surface area contributed by atoms with Crippen LogP contribution in [-0.4, -0.2) is 33.5 Å². The van der Waals surface area contributed by atoms with Crippen molar-refractivity contribution in [2.24, 2.45) is 13.0 Å². The average molecular weight is 342 g/mol. The first-order valence-corrected chi connectivity index (χ1v) is 8.86. The molecule has 25 heavy (non-hydrogen) atoms. The van der Waals surface area contributed by atoms with Crippen molar-refractivity contribution in [3.05, 3.63) is 53.9 Å². The second-order valence-corrected chi connectivity index (χ2v) is 6.80. The lowest BCUT2D eigenvalue weighted by Gasteiger charge is -2.22. The third-order valence-corrected chi connectivity index (χ3v) is 4.88. The van der Waals surface area contributed by atoms with Gasteiger partial charge in [0, 0.05) is 31.4 Å². The predicted octanol–water partition coefficient (Wildman–Crippen LogP) is 2.16. The van der Waals surface area contributed by atoms with Gasteiger partial charge >= 0.3 is 6.03 Å². The fourth-order valence-electron chi connectivity index (χ4n) is 3.53. The number of hydrogen-bond acceptors (Lipinski definition) is 3. The molecule has 0 unspecified atom stereocenters. The number of amides is 2. The first kappa shape index (κ1) is 17.5. The number of aliphatic hydroxyl groups is 1. The zero-order chi connectivity index (χ0) is 17.6. The van der Waals surface area contributed by atoms with Crippen molar-refractivity contribution >= 4 is 6.03 Å². The summed E-state index contributed by atoms with van der Waals surface area (Å²) in [5, 5.41) is 20.0. The Morgan fingerprint density at radius 3 is 2.88 bits per heavy atom. The molecule has 2 aromatic rings. The fraction of sp³-hybridized carbons (Fsp3) is 0.474. The quantitative estimate of drug-likeness (QED) is 0.753. The van der Waals surface area contributed by atoms with Gasteiger partial charge in [-0.05, 0) is 30.7 Å². The number of benzene rings is 1. The molecule has 1 heterocycles. The van der Waals surface area contributed by atoms with E-state index in [1.807, 2.05) is 6.07 Å². The Bertz CT molecular complexity index is 686. The molecule has 3 atom stereocenters.